The predicted octanol–water partition coefficient (Wildman–Crippen LogP) is 4.53. The first-order chi connectivity index (χ1) is 16.1. The summed E-state index contributed by atoms with van der Waals surface area (Å²) < 4.78 is 35.2. The molecular weight excluding hydrogens is 430 g/mol. The van der Waals surface area contributed by atoms with Crippen molar-refractivity contribution in [2.75, 3.05) is 25.1 Å². The predicted molar refractivity (Wildman–Crippen MR) is 119 cm³/mol. The first kappa shape index (κ1) is 22.4. The molecule has 1 fully saturated rings. The van der Waals surface area contributed by atoms with Gasteiger partial charge in [-0.05, 0) is 49.2 Å². The van der Waals surface area contributed by atoms with E-state index < -0.39 is 6.61 Å². The van der Waals surface area contributed by atoms with Crippen LogP contribution in [0.25, 0.3) is 0 Å². The molecule has 1 aliphatic rings. The topological polar surface area (TPSA) is 67.8 Å². The summed E-state index contributed by atoms with van der Waals surface area (Å²) in [6, 6.07) is 11.7. The largest absolute Gasteiger partial charge is 0.494 e. The number of carbonyl (C=O) groups is 1. The van der Waals surface area contributed by atoms with E-state index >= 15 is 0 Å². The van der Waals surface area contributed by atoms with E-state index in [1.165, 1.54) is 12.1 Å². The Morgan fingerprint density at radius 3 is 2.33 bits per heavy atom. The number of ether oxygens (including phenoxy) is 2. The van der Waals surface area contributed by atoms with Crippen LogP contribution in [-0.2, 0) is 0 Å². The lowest BCUT2D eigenvalue weighted by Gasteiger charge is -2.40. The summed E-state index contributed by atoms with van der Waals surface area (Å²) in [5, 5.41) is 0. The van der Waals surface area contributed by atoms with Crippen LogP contribution >= 0.6 is 0 Å². The molecule has 0 radical (unpaired) electrons. The molecule has 9 heteroatoms. The smallest absolute Gasteiger partial charge is 0.387 e. The molecular formula is C24H24F2N4O3. The van der Waals surface area contributed by atoms with Gasteiger partial charge >= 0.3 is 6.61 Å². The zero-order valence-corrected chi connectivity index (χ0v) is 18.1. The van der Waals surface area contributed by atoms with Gasteiger partial charge in [0.15, 0.2) is 0 Å². The van der Waals surface area contributed by atoms with Crippen LogP contribution in [0.4, 0.5) is 20.2 Å². The standard InChI is InChI=1S/C24H24F2N4O3/c1-32-22-8-13-28-16-21(22)30(18-2-4-20(5-3-18)33-24(25)26)19-9-14-29(15-10-19)23(31)17-6-11-27-12-7-17/h2-8,11-13,16,19,24H,9-10,14-15H2,1H3. The van der Waals surface area contributed by atoms with Crippen molar-refractivity contribution in [3.05, 3.63) is 72.8 Å². The molecule has 1 aliphatic heterocycles. The molecule has 0 bridgehead atoms. The van der Waals surface area contributed by atoms with E-state index in [1.54, 1.807) is 62.2 Å². The maximum absolute atomic E-state index is 12.8. The van der Waals surface area contributed by atoms with Crippen molar-refractivity contribution in [3.63, 3.8) is 0 Å². The molecule has 0 atom stereocenters. The number of alkyl halides is 2. The maximum atomic E-state index is 12.8. The summed E-state index contributed by atoms with van der Waals surface area (Å²) in [4.78, 5) is 25.0. The molecule has 0 saturated carbocycles. The Balaban J connectivity index is 1.57. The lowest BCUT2D eigenvalue weighted by Crippen LogP contribution is -2.45. The number of piperidine rings is 1. The highest BCUT2D eigenvalue weighted by molar-refractivity contribution is 5.94. The summed E-state index contributed by atoms with van der Waals surface area (Å²) in [5.74, 6) is 0.715. The quantitative estimate of drug-likeness (QED) is 0.523. The number of hydrogen-bond donors (Lipinski definition) is 0. The maximum Gasteiger partial charge on any atom is 0.387 e. The van der Waals surface area contributed by atoms with Crippen molar-refractivity contribution >= 4 is 17.3 Å². The van der Waals surface area contributed by atoms with Crippen molar-refractivity contribution in [3.8, 4) is 11.5 Å². The van der Waals surface area contributed by atoms with Gasteiger partial charge in [0.25, 0.3) is 5.91 Å². The summed E-state index contributed by atoms with van der Waals surface area (Å²) in [6.45, 7) is -1.72. The molecule has 1 amide bonds. The average Bonchev–Trinajstić information content (AvgIpc) is 2.86. The SMILES string of the molecule is COc1ccncc1N(c1ccc(OC(F)F)cc1)C1CCN(C(=O)c2ccncc2)CC1. The molecule has 172 valence electrons. The van der Waals surface area contributed by atoms with Crippen molar-refractivity contribution in [2.24, 2.45) is 0 Å². The van der Waals surface area contributed by atoms with Gasteiger partial charge in [-0.3, -0.25) is 14.8 Å². The van der Waals surface area contributed by atoms with Gasteiger partial charge in [-0.2, -0.15) is 8.78 Å². The summed E-state index contributed by atoms with van der Waals surface area (Å²) in [5.41, 5.74) is 2.17. The van der Waals surface area contributed by atoms with Gasteiger partial charge in [-0.1, -0.05) is 0 Å². The van der Waals surface area contributed by atoms with Crippen LogP contribution < -0.4 is 14.4 Å². The highest BCUT2D eigenvalue weighted by Gasteiger charge is 2.30. The van der Waals surface area contributed by atoms with Gasteiger partial charge in [0.2, 0.25) is 0 Å². The van der Waals surface area contributed by atoms with Gasteiger partial charge in [0, 0.05) is 55.0 Å². The van der Waals surface area contributed by atoms with E-state index in [2.05, 4.69) is 19.6 Å². The van der Waals surface area contributed by atoms with Crippen LogP contribution in [0.1, 0.15) is 23.2 Å². The summed E-state index contributed by atoms with van der Waals surface area (Å²) in [6.07, 6.45) is 8.01. The fourth-order valence-electron chi connectivity index (χ4n) is 4.07. The number of hydrogen-bond acceptors (Lipinski definition) is 6. The van der Waals surface area contributed by atoms with Crippen molar-refractivity contribution in [2.45, 2.75) is 25.5 Å². The minimum Gasteiger partial charge on any atom is -0.494 e. The molecule has 4 rings (SSSR count). The molecule has 0 spiro atoms. The second kappa shape index (κ2) is 10.2. The number of amides is 1. The summed E-state index contributed by atoms with van der Waals surface area (Å²) >= 11 is 0. The first-order valence-electron chi connectivity index (χ1n) is 10.6. The number of halogens is 2. The number of nitrogens with zero attached hydrogens (tertiary/aromatic N) is 4. The molecule has 0 aliphatic carbocycles. The molecule has 1 saturated heterocycles. The highest BCUT2D eigenvalue weighted by Crippen LogP contribution is 2.38. The fourth-order valence-corrected chi connectivity index (χ4v) is 4.07. The minimum atomic E-state index is -2.88. The molecule has 3 heterocycles. The number of methoxy groups -OCH3 is 1. The fraction of sp³-hybridized carbons (Fsp3) is 0.292. The zero-order chi connectivity index (χ0) is 23.2. The van der Waals surface area contributed by atoms with Crippen LogP contribution in [0, 0.1) is 0 Å². The second-order valence-electron chi connectivity index (χ2n) is 7.55. The molecule has 1 aromatic carbocycles. The van der Waals surface area contributed by atoms with Crippen molar-refractivity contribution in [1.29, 1.82) is 0 Å². The van der Waals surface area contributed by atoms with Crippen molar-refractivity contribution in [1.82, 2.24) is 14.9 Å². The number of likely N-dealkylation sites (tertiary alicyclic amines) is 1. The Bertz CT molecular complexity index is 1060. The lowest BCUT2D eigenvalue weighted by molar-refractivity contribution is -0.0498. The van der Waals surface area contributed by atoms with E-state index in [4.69, 9.17) is 4.74 Å². The Morgan fingerprint density at radius 2 is 1.70 bits per heavy atom. The van der Waals surface area contributed by atoms with Gasteiger partial charge in [-0.15, -0.1) is 0 Å². The first-order valence-corrected chi connectivity index (χ1v) is 10.6. The monoisotopic (exact) mass is 454 g/mol. The molecule has 7 nitrogen and oxygen atoms in total. The lowest BCUT2D eigenvalue weighted by atomic mass is 10.0. The number of benzene rings is 1. The van der Waals surface area contributed by atoms with Crippen molar-refractivity contribution < 1.29 is 23.0 Å². The molecule has 3 aromatic rings. The third kappa shape index (κ3) is 5.19. The van der Waals surface area contributed by atoms with Crippen LogP contribution in [0.3, 0.4) is 0 Å². The van der Waals surface area contributed by atoms with Gasteiger partial charge in [0.1, 0.15) is 17.2 Å². The van der Waals surface area contributed by atoms with E-state index in [1.807, 2.05) is 4.90 Å². The van der Waals surface area contributed by atoms with Crippen LogP contribution in [0.15, 0.2) is 67.3 Å². The average molecular weight is 454 g/mol. The third-order valence-corrected chi connectivity index (χ3v) is 5.62. The number of anilines is 2. The molecule has 0 unspecified atom stereocenters. The summed E-state index contributed by atoms with van der Waals surface area (Å²) in [7, 11) is 1.59. The zero-order valence-electron chi connectivity index (χ0n) is 18.1. The Kier molecular flexibility index (Phi) is 6.97. The highest BCUT2D eigenvalue weighted by atomic mass is 19.3. The minimum absolute atomic E-state index is 0.0186. The Hall–Kier alpha value is -3.75. The number of aromatic nitrogens is 2. The number of rotatable bonds is 7. The van der Waals surface area contributed by atoms with Gasteiger partial charge < -0.3 is 19.3 Å². The van der Waals surface area contributed by atoms with Gasteiger partial charge in [0.05, 0.1) is 13.3 Å². The van der Waals surface area contributed by atoms with Crippen LogP contribution in [-0.4, -0.2) is 53.6 Å². The normalized spacial score (nSPS) is 14.2. The third-order valence-electron chi connectivity index (χ3n) is 5.62. The molecule has 2 aromatic heterocycles. The Morgan fingerprint density at radius 1 is 1.03 bits per heavy atom. The number of pyridine rings is 2. The number of carbonyl (C=O) groups excluding carboxylic acids is 1. The van der Waals surface area contributed by atoms with E-state index in [0.717, 1.165) is 11.4 Å². The molecule has 0 N–H and O–H groups in total. The van der Waals surface area contributed by atoms with E-state index in [-0.39, 0.29) is 17.7 Å². The molecule has 33 heavy (non-hydrogen) atoms. The van der Waals surface area contributed by atoms with Crippen LogP contribution in [0.5, 0.6) is 11.5 Å². The van der Waals surface area contributed by atoms with E-state index in [9.17, 15) is 13.6 Å². The second-order valence-corrected chi connectivity index (χ2v) is 7.55. The Labute approximate surface area is 190 Å². The van der Waals surface area contributed by atoms with E-state index in [0.29, 0.717) is 37.2 Å². The van der Waals surface area contributed by atoms with Crippen LogP contribution in [0.2, 0.25) is 0 Å². The van der Waals surface area contributed by atoms with Gasteiger partial charge in [-0.25, -0.2) is 0 Å².